The van der Waals surface area contributed by atoms with Gasteiger partial charge in [0.05, 0.1) is 11.0 Å². The molecule has 0 N–H and O–H groups in total. The molecule has 1 aromatic heterocycles. The van der Waals surface area contributed by atoms with Gasteiger partial charge in [0.15, 0.2) is 0 Å². The zero-order chi connectivity index (χ0) is 10.8. The minimum Gasteiger partial charge on any atom is -0.313 e. The van der Waals surface area contributed by atoms with Crippen molar-refractivity contribution >= 4 is 11.0 Å². The maximum absolute atomic E-state index is 4.59. The summed E-state index contributed by atoms with van der Waals surface area (Å²) in [5, 5.41) is 0. The van der Waals surface area contributed by atoms with Crippen LogP contribution in [0, 0.1) is 0 Å². The number of benzene rings is 1. The van der Waals surface area contributed by atoms with Crippen molar-refractivity contribution in [2.45, 2.75) is 13.3 Å². The molecule has 0 radical (unpaired) electrons. The highest BCUT2D eigenvalue weighted by Gasteiger charge is 2.03. The highest BCUT2D eigenvalue weighted by Crippen LogP contribution is 2.09. The fraction of sp³-hybridized carbons (Fsp3) is 0.417. The third kappa shape index (κ3) is 1.58. The topological polar surface area (TPSA) is 22.2 Å². The number of imidazole rings is 1. The first-order chi connectivity index (χ1) is 7.25. The Morgan fingerprint density at radius 1 is 1.07 bits per heavy atom. The molecule has 0 amide bonds. The van der Waals surface area contributed by atoms with Crippen molar-refractivity contribution in [2.75, 3.05) is 6.54 Å². The summed E-state index contributed by atoms with van der Waals surface area (Å²) in [6.07, 6.45) is 1.08. The average molecular weight is 203 g/mol. The van der Waals surface area contributed by atoms with Crippen LogP contribution in [-0.2, 0) is 14.1 Å². The van der Waals surface area contributed by atoms with Gasteiger partial charge in [-0.2, -0.15) is 0 Å². The summed E-state index contributed by atoms with van der Waals surface area (Å²) in [6, 6.07) is 8.37. The molecule has 2 aromatic rings. The van der Waals surface area contributed by atoms with Crippen molar-refractivity contribution in [1.29, 1.82) is 0 Å². The summed E-state index contributed by atoms with van der Waals surface area (Å²) in [5.41, 5.74) is 3.50. The second-order valence-electron chi connectivity index (χ2n) is 3.79. The third-order valence-corrected chi connectivity index (χ3v) is 2.68. The van der Waals surface area contributed by atoms with Crippen LogP contribution in [-0.4, -0.2) is 15.7 Å². The summed E-state index contributed by atoms with van der Waals surface area (Å²) in [5.74, 6) is 0. The van der Waals surface area contributed by atoms with Crippen LogP contribution < -0.4 is 5.62 Å². The molecule has 0 atom stereocenters. The molecule has 0 bridgehead atoms. The Morgan fingerprint density at radius 3 is 2.07 bits per heavy atom. The highest BCUT2D eigenvalue weighted by atomic mass is 15.2. The number of aryl methyl sites for hydroxylation is 2. The minimum atomic E-state index is 0.887. The Kier molecular flexibility index (Phi) is 2.62. The first-order valence-electron chi connectivity index (χ1n) is 5.36. The molecule has 3 nitrogen and oxygen atoms in total. The molecule has 0 aliphatic carbocycles. The summed E-state index contributed by atoms with van der Waals surface area (Å²) >= 11 is 0. The summed E-state index contributed by atoms with van der Waals surface area (Å²) in [6.45, 7) is 3.03. The Balaban J connectivity index is 2.75. The molecule has 2 rings (SSSR count). The number of hydrogen-bond acceptors (Lipinski definition) is 1. The zero-order valence-corrected chi connectivity index (χ0v) is 9.57. The Labute approximate surface area is 89.7 Å². The molecule has 15 heavy (non-hydrogen) atoms. The van der Waals surface area contributed by atoms with Crippen LogP contribution in [0.2, 0.25) is 0 Å². The number of aromatic nitrogens is 2. The lowest BCUT2D eigenvalue weighted by Gasteiger charge is -1.94. The van der Waals surface area contributed by atoms with Gasteiger partial charge in [-0.25, -0.2) is 0 Å². The van der Waals surface area contributed by atoms with Crippen molar-refractivity contribution in [2.24, 2.45) is 19.1 Å². The summed E-state index contributed by atoms with van der Waals surface area (Å²) in [4.78, 5) is 4.59. The fourth-order valence-electron chi connectivity index (χ4n) is 1.90. The Morgan fingerprint density at radius 2 is 1.60 bits per heavy atom. The highest BCUT2D eigenvalue weighted by molar-refractivity contribution is 5.75. The van der Waals surface area contributed by atoms with E-state index in [0.717, 1.165) is 18.6 Å². The smallest absolute Gasteiger partial charge is 0.205 e. The lowest BCUT2D eigenvalue weighted by molar-refractivity contribution is 0.725. The molecular formula is C12H17N3. The van der Waals surface area contributed by atoms with Crippen molar-refractivity contribution < 1.29 is 0 Å². The molecule has 0 fully saturated rings. The van der Waals surface area contributed by atoms with Crippen molar-refractivity contribution in [3.63, 3.8) is 0 Å². The van der Waals surface area contributed by atoms with Crippen LogP contribution in [0.3, 0.4) is 0 Å². The van der Waals surface area contributed by atoms with Crippen LogP contribution in [0.1, 0.15) is 13.3 Å². The molecule has 3 heteroatoms. The van der Waals surface area contributed by atoms with Gasteiger partial charge in [-0.1, -0.05) is 19.1 Å². The molecule has 1 heterocycles. The van der Waals surface area contributed by atoms with E-state index < -0.39 is 0 Å². The standard InChI is InChI=1S/C12H17N3/c1-4-9-13-12-14(2)10-7-5-6-8-11(10)15(12)3/h5-8H,4,9H2,1-3H3. The molecule has 0 unspecified atom stereocenters. The van der Waals surface area contributed by atoms with E-state index in [-0.39, 0.29) is 0 Å². The normalized spacial score (nSPS) is 10.9. The van der Waals surface area contributed by atoms with E-state index in [1.54, 1.807) is 0 Å². The molecule has 0 aliphatic rings. The van der Waals surface area contributed by atoms with Gasteiger partial charge in [0.1, 0.15) is 0 Å². The van der Waals surface area contributed by atoms with Crippen LogP contribution in [0.15, 0.2) is 29.3 Å². The molecule has 0 aliphatic heterocycles. The largest absolute Gasteiger partial charge is 0.313 e. The van der Waals surface area contributed by atoms with Gasteiger partial charge in [0.25, 0.3) is 0 Å². The zero-order valence-electron chi connectivity index (χ0n) is 9.57. The molecule has 0 saturated heterocycles. The van der Waals surface area contributed by atoms with E-state index in [1.165, 1.54) is 11.0 Å². The first kappa shape index (κ1) is 10.0. The summed E-state index contributed by atoms with van der Waals surface area (Å²) < 4.78 is 4.29. The van der Waals surface area contributed by atoms with Crippen molar-refractivity contribution in [3.8, 4) is 0 Å². The van der Waals surface area contributed by atoms with Gasteiger partial charge >= 0.3 is 0 Å². The SMILES string of the molecule is CCCN=c1n(C)c2ccccc2n1C. The number of para-hydroxylation sites is 2. The Bertz CT molecular complexity index is 489. The fourth-order valence-corrected chi connectivity index (χ4v) is 1.90. The van der Waals surface area contributed by atoms with Gasteiger partial charge in [-0.3, -0.25) is 4.99 Å². The number of rotatable bonds is 2. The minimum absolute atomic E-state index is 0.887. The second kappa shape index (κ2) is 3.93. The number of fused-ring (bicyclic) bond motifs is 1. The monoisotopic (exact) mass is 203 g/mol. The quantitative estimate of drug-likeness (QED) is 0.710. The van der Waals surface area contributed by atoms with E-state index in [4.69, 9.17) is 0 Å². The number of hydrogen-bond donors (Lipinski definition) is 0. The van der Waals surface area contributed by atoms with E-state index in [9.17, 15) is 0 Å². The Hall–Kier alpha value is -1.51. The van der Waals surface area contributed by atoms with E-state index in [2.05, 4.69) is 59.4 Å². The van der Waals surface area contributed by atoms with Crippen LogP contribution in [0.4, 0.5) is 0 Å². The van der Waals surface area contributed by atoms with E-state index >= 15 is 0 Å². The van der Waals surface area contributed by atoms with Gasteiger partial charge in [0, 0.05) is 20.6 Å². The van der Waals surface area contributed by atoms with E-state index in [0.29, 0.717) is 0 Å². The second-order valence-corrected chi connectivity index (χ2v) is 3.79. The van der Waals surface area contributed by atoms with Crippen LogP contribution in [0.5, 0.6) is 0 Å². The van der Waals surface area contributed by atoms with Gasteiger partial charge in [-0.15, -0.1) is 0 Å². The molecule has 0 spiro atoms. The molecule has 1 aromatic carbocycles. The lowest BCUT2D eigenvalue weighted by atomic mass is 10.3. The number of nitrogens with zero attached hydrogens (tertiary/aromatic N) is 3. The predicted molar refractivity (Wildman–Crippen MR) is 62.6 cm³/mol. The van der Waals surface area contributed by atoms with Crippen LogP contribution >= 0.6 is 0 Å². The maximum Gasteiger partial charge on any atom is 0.205 e. The third-order valence-electron chi connectivity index (χ3n) is 2.68. The predicted octanol–water partition coefficient (Wildman–Crippen LogP) is 1.83. The lowest BCUT2D eigenvalue weighted by Crippen LogP contribution is -2.22. The van der Waals surface area contributed by atoms with Crippen molar-refractivity contribution in [1.82, 2.24) is 9.13 Å². The van der Waals surface area contributed by atoms with Gasteiger partial charge in [-0.05, 0) is 18.6 Å². The molecule has 80 valence electrons. The van der Waals surface area contributed by atoms with E-state index in [1.807, 2.05) is 0 Å². The average Bonchev–Trinajstić information content (AvgIpc) is 2.51. The van der Waals surface area contributed by atoms with Gasteiger partial charge in [0.2, 0.25) is 5.62 Å². The van der Waals surface area contributed by atoms with Gasteiger partial charge < -0.3 is 9.13 Å². The maximum atomic E-state index is 4.59. The summed E-state index contributed by atoms with van der Waals surface area (Å²) in [7, 11) is 4.13. The van der Waals surface area contributed by atoms with Crippen LogP contribution in [0.25, 0.3) is 11.0 Å². The van der Waals surface area contributed by atoms with Crippen molar-refractivity contribution in [3.05, 3.63) is 29.9 Å². The molecular weight excluding hydrogens is 186 g/mol. The first-order valence-corrected chi connectivity index (χ1v) is 5.36. The molecule has 0 saturated carbocycles.